The zero-order valence-corrected chi connectivity index (χ0v) is 23.4. The predicted octanol–water partition coefficient (Wildman–Crippen LogP) is 5.14. The van der Waals surface area contributed by atoms with Crippen LogP contribution < -0.4 is 10.6 Å². The number of morpholine rings is 1. The van der Waals surface area contributed by atoms with Crippen LogP contribution in [0.3, 0.4) is 0 Å². The molecule has 0 spiro atoms. The number of carbonyl (C=O) groups is 2. The van der Waals surface area contributed by atoms with Gasteiger partial charge in [-0.3, -0.25) is 14.5 Å². The fraction of sp³-hybridized carbons (Fsp3) is 0.469. The number of carbonyl (C=O) groups excluding carboxylic acids is 2. The Morgan fingerprint density at radius 1 is 1.03 bits per heavy atom. The highest BCUT2D eigenvalue weighted by Crippen LogP contribution is 2.32. The Morgan fingerprint density at radius 2 is 1.74 bits per heavy atom. The minimum absolute atomic E-state index is 0.167. The fourth-order valence-corrected chi connectivity index (χ4v) is 5.82. The van der Waals surface area contributed by atoms with E-state index in [2.05, 4.69) is 50.9 Å². The lowest BCUT2D eigenvalue weighted by atomic mass is 9.94. The van der Waals surface area contributed by atoms with Crippen molar-refractivity contribution in [3.8, 4) is 11.1 Å². The van der Waals surface area contributed by atoms with E-state index in [0.29, 0.717) is 17.3 Å². The summed E-state index contributed by atoms with van der Waals surface area (Å²) in [4.78, 5) is 32.5. The van der Waals surface area contributed by atoms with E-state index in [1.54, 1.807) is 0 Å². The molecule has 2 aromatic carbocycles. The number of ether oxygens (including phenoxy) is 1. The van der Waals surface area contributed by atoms with Crippen LogP contribution in [0, 0.1) is 12.8 Å². The van der Waals surface area contributed by atoms with Crippen molar-refractivity contribution in [1.29, 1.82) is 0 Å². The molecule has 7 heteroatoms. The summed E-state index contributed by atoms with van der Waals surface area (Å²) in [5.41, 5.74) is 7.57. The van der Waals surface area contributed by atoms with Gasteiger partial charge in [-0.05, 0) is 74.1 Å². The average molecular weight is 529 g/mol. The molecule has 0 radical (unpaired) electrons. The van der Waals surface area contributed by atoms with Crippen molar-refractivity contribution < 1.29 is 14.3 Å². The van der Waals surface area contributed by atoms with E-state index < -0.39 is 5.92 Å². The first kappa shape index (κ1) is 27.3. The Kier molecular flexibility index (Phi) is 8.58. The second-order valence-electron chi connectivity index (χ2n) is 11.1. The Hall–Kier alpha value is -3.29. The van der Waals surface area contributed by atoms with Crippen molar-refractivity contribution in [2.24, 2.45) is 10.9 Å². The zero-order chi connectivity index (χ0) is 27.4. The molecule has 1 saturated heterocycles. The largest absolute Gasteiger partial charge is 0.382 e. The lowest BCUT2D eigenvalue weighted by Gasteiger charge is -2.26. The van der Waals surface area contributed by atoms with Crippen LogP contribution >= 0.6 is 0 Å². The van der Waals surface area contributed by atoms with Gasteiger partial charge in [0.1, 0.15) is 0 Å². The molecule has 3 aliphatic rings. The van der Waals surface area contributed by atoms with Crippen molar-refractivity contribution in [3.05, 3.63) is 64.7 Å². The van der Waals surface area contributed by atoms with Crippen molar-refractivity contribution in [1.82, 2.24) is 10.2 Å². The number of benzene rings is 2. The third kappa shape index (κ3) is 6.65. The predicted molar refractivity (Wildman–Crippen MR) is 156 cm³/mol. The van der Waals surface area contributed by atoms with E-state index in [4.69, 9.17) is 4.74 Å². The molecule has 2 N–H and O–H groups in total. The lowest BCUT2D eigenvalue weighted by Crippen LogP contribution is -2.35. The topological polar surface area (TPSA) is 83.0 Å². The number of dihydropyridines is 1. The second-order valence-corrected chi connectivity index (χ2v) is 11.1. The molecule has 2 aliphatic heterocycles. The molecule has 39 heavy (non-hydrogen) atoms. The zero-order valence-electron chi connectivity index (χ0n) is 23.4. The van der Waals surface area contributed by atoms with Crippen LogP contribution in [0.1, 0.15) is 61.0 Å². The van der Waals surface area contributed by atoms with Gasteiger partial charge in [0.05, 0.1) is 19.1 Å². The number of nitrogens with one attached hydrogen (secondary N) is 2. The average Bonchev–Trinajstić information content (AvgIpc) is 3.43. The maximum absolute atomic E-state index is 13.5. The van der Waals surface area contributed by atoms with Gasteiger partial charge in [0, 0.05) is 49.2 Å². The summed E-state index contributed by atoms with van der Waals surface area (Å²) in [6.07, 6.45) is 6.68. The normalized spacial score (nSPS) is 20.5. The van der Waals surface area contributed by atoms with Gasteiger partial charge in [0.15, 0.2) is 0 Å². The first-order valence-corrected chi connectivity index (χ1v) is 14.2. The lowest BCUT2D eigenvalue weighted by molar-refractivity contribution is -0.120. The van der Waals surface area contributed by atoms with Gasteiger partial charge in [-0.25, -0.2) is 4.99 Å². The summed E-state index contributed by atoms with van der Waals surface area (Å²) in [6.45, 7) is 10.4. The van der Waals surface area contributed by atoms with Gasteiger partial charge in [0.2, 0.25) is 0 Å². The summed E-state index contributed by atoms with van der Waals surface area (Å²) < 4.78 is 5.47. The van der Waals surface area contributed by atoms with Crippen LogP contribution in [-0.4, -0.2) is 61.3 Å². The van der Waals surface area contributed by atoms with E-state index in [9.17, 15) is 9.59 Å². The van der Waals surface area contributed by atoms with E-state index in [0.717, 1.165) is 73.6 Å². The highest BCUT2D eigenvalue weighted by atomic mass is 16.5. The first-order chi connectivity index (χ1) is 18.9. The first-order valence-electron chi connectivity index (χ1n) is 14.2. The third-order valence-electron chi connectivity index (χ3n) is 8.20. The van der Waals surface area contributed by atoms with Crippen LogP contribution in [-0.2, 0) is 16.1 Å². The molecular formula is C32H40N4O3. The van der Waals surface area contributed by atoms with Crippen molar-refractivity contribution in [2.75, 3.05) is 38.2 Å². The van der Waals surface area contributed by atoms with Gasteiger partial charge < -0.3 is 15.4 Å². The maximum Gasteiger partial charge on any atom is 0.254 e. The second kappa shape index (κ2) is 12.3. The molecule has 2 amide bonds. The highest BCUT2D eigenvalue weighted by molar-refractivity contribution is 6.06. The van der Waals surface area contributed by atoms with Gasteiger partial charge in [-0.15, -0.1) is 0 Å². The smallest absolute Gasteiger partial charge is 0.254 e. The maximum atomic E-state index is 13.5. The number of allylic oxidation sites excluding steroid dienone is 1. The van der Waals surface area contributed by atoms with E-state index in [1.807, 2.05) is 32.9 Å². The van der Waals surface area contributed by atoms with Crippen LogP contribution in [0.4, 0.5) is 5.69 Å². The Bertz CT molecular complexity index is 1270. The molecule has 2 fully saturated rings. The number of hydrogen-bond acceptors (Lipinski definition) is 5. The van der Waals surface area contributed by atoms with Crippen molar-refractivity contribution >= 4 is 23.2 Å². The van der Waals surface area contributed by atoms with Gasteiger partial charge in [-0.1, -0.05) is 42.7 Å². The number of aliphatic imine (C=N–C) groups is 1. The molecule has 1 saturated carbocycles. The van der Waals surface area contributed by atoms with Crippen LogP contribution in [0.2, 0.25) is 0 Å². The number of nitrogens with zero attached hydrogens (tertiary/aromatic N) is 2. The molecule has 2 aromatic rings. The summed E-state index contributed by atoms with van der Waals surface area (Å²) in [7, 11) is 0. The number of amides is 2. The molecule has 206 valence electrons. The molecule has 5 rings (SSSR count). The van der Waals surface area contributed by atoms with Gasteiger partial charge >= 0.3 is 0 Å². The Balaban J connectivity index is 1.37. The van der Waals surface area contributed by atoms with Crippen LogP contribution in [0.25, 0.3) is 11.1 Å². The van der Waals surface area contributed by atoms with E-state index in [-0.39, 0.29) is 18.4 Å². The number of rotatable bonds is 8. The van der Waals surface area contributed by atoms with Gasteiger partial charge in [-0.2, -0.15) is 0 Å². The molecule has 7 nitrogen and oxygen atoms in total. The highest BCUT2D eigenvalue weighted by Gasteiger charge is 2.25. The molecular weight excluding hydrogens is 488 g/mol. The fourth-order valence-electron chi connectivity index (χ4n) is 5.82. The summed E-state index contributed by atoms with van der Waals surface area (Å²) in [5.74, 6) is -0.783. The van der Waals surface area contributed by atoms with Crippen molar-refractivity contribution in [3.63, 3.8) is 0 Å². The number of anilines is 1. The third-order valence-corrected chi connectivity index (χ3v) is 8.20. The van der Waals surface area contributed by atoms with E-state index >= 15 is 0 Å². The molecule has 1 aliphatic carbocycles. The SMILES string of the molecule is CC1=CC(C)=NC(=O)C1CNC(=O)c1cc(-c2ccc(CN3CCOCC3)cc2)cc(NC2CCCC2)c1C. The molecule has 0 aromatic heterocycles. The van der Waals surface area contributed by atoms with E-state index in [1.165, 1.54) is 18.4 Å². The summed E-state index contributed by atoms with van der Waals surface area (Å²) >= 11 is 0. The number of hydrogen-bond donors (Lipinski definition) is 2. The molecule has 1 unspecified atom stereocenters. The monoisotopic (exact) mass is 528 g/mol. The quantitative estimate of drug-likeness (QED) is 0.496. The van der Waals surface area contributed by atoms with Gasteiger partial charge in [0.25, 0.3) is 11.8 Å². The Labute approximate surface area is 231 Å². The molecule has 0 bridgehead atoms. The van der Waals surface area contributed by atoms with Crippen LogP contribution in [0.5, 0.6) is 0 Å². The minimum Gasteiger partial charge on any atom is -0.382 e. The van der Waals surface area contributed by atoms with Crippen molar-refractivity contribution in [2.45, 2.75) is 59.0 Å². The Morgan fingerprint density at radius 3 is 2.44 bits per heavy atom. The standard InChI is InChI=1S/C32H40N4O3/c1-21-16-22(2)34-32(38)29(21)19-33-31(37)28-17-26(18-30(23(28)3)35-27-6-4-5-7-27)25-10-8-24(9-11-25)20-36-12-14-39-15-13-36/h8-11,16-18,27,29,35H,4-7,12-15,19-20H2,1-3H3,(H,33,37). The molecule has 1 atom stereocenters. The minimum atomic E-state index is -0.420. The summed E-state index contributed by atoms with van der Waals surface area (Å²) in [6, 6.07) is 13.3. The molecule has 2 heterocycles. The summed E-state index contributed by atoms with van der Waals surface area (Å²) in [5, 5.41) is 6.75. The van der Waals surface area contributed by atoms with Crippen LogP contribution in [0.15, 0.2) is 53.0 Å².